The lowest BCUT2D eigenvalue weighted by molar-refractivity contribution is 0.526. The van der Waals surface area contributed by atoms with Gasteiger partial charge in [-0.25, -0.2) is 4.98 Å². The SMILES string of the molecule is CCNC(Cc1ccc(CC)s1)c1ncn[nH]1. The largest absolute Gasteiger partial charge is 0.307 e. The molecular weight excluding hydrogens is 232 g/mol. The van der Waals surface area contributed by atoms with Crippen LogP contribution in [0.4, 0.5) is 0 Å². The van der Waals surface area contributed by atoms with Crippen LogP contribution in [0.2, 0.25) is 0 Å². The fourth-order valence-electron chi connectivity index (χ4n) is 1.82. The normalized spacial score (nSPS) is 12.8. The standard InChI is InChI=1S/C12H18N4S/c1-3-9-5-6-10(17-9)7-11(13-4-2)12-14-8-15-16-12/h5-6,8,11,13H,3-4,7H2,1-2H3,(H,14,15,16). The van der Waals surface area contributed by atoms with Crippen LogP contribution in [-0.4, -0.2) is 21.7 Å². The summed E-state index contributed by atoms with van der Waals surface area (Å²) in [6.45, 7) is 5.22. The van der Waals surface area contributed by atoms with Gasteiger partial charge in [-0.1, -0.05) is 13.8 Å². The molecule has 4 nitrogen and oxygen atoms in total. The van der Waals surface area contributed by atoms with Crippen molar-refractivity contribution in [1.82, 2.24) is 20.5 Å². The molecule has 0 saturated carbocycles. The topological polar surface area (TPSA) is 53.6 Å². The molecule has 0 amide bonds. The number of hydrogen-bond donors (Lipinski definition) is 2. The maximum Gasteiger partial charge on any atom is 0.141 e. The minimum atomic E-state index is 0.228. The lowest BCUT2D eigenvalue weighted by Crippen LogP contribution is -2.23. The minimum absolute atomic E-state index is 0.228. The molecule has 2 aromatic heterocycles. The van der Waals surface area contributed by atoms with Crippen molar-refractivity contribution >= 4 is 11.3 Å². The number of thiophene rings is 1. The summed E-state index contributed by atoms with van der Waals surface area (Å²) in [7, 11) is 0. The number of H-pyrrole nitrogens is 1. The van der Waals surface area contributed by atoms with Crippen molar-refractivity contribution in [3.05, 3.63) is 34.0 Å². The molecule has 0 radical (unpaired) electrons. The number of aryl methyl sites for hydroxylation is 1. The van der Waals surface area contributed by atoms with Crippen LogP contribution in [-0.2, 0) is 12.8 Å². The highest BCUT2D eigenvalue weighted by molar-refractivity contribution is 7.11. The second-order valence-electron chi connectivity index (χ2n) is 3.91. The van der Waals surface area contributed by atoms with Crippen LogP contribution in [0.25, 0.3) is 0 Å². The lowest BCUT2D eigenvalue weighted by atomic mass is 10.1. The Balaban J connectivity index is 2.07. The van der Waals surface area contributed by atoms with E-state index in [1.165, 1.54) is 9.75 Å². The molecule has 2 N–H and O–H groups in total. The zero-order valence-corrected chi connectivity index (χ0v) is 11.0. The third kappa shape index (κ3) is 3.14. The van der Waals surface area contributed by atoms with Crippen LogP contribution in [0.15, 0.2) is 18.5 Å². The van der Waals surface area contributed by atoms with Crippen molar-refractivity contribution in [2.24, 2.45) is 0 Å². The van der Waals surface area contributed by atoms with Gasteiger partial charge in [-0.2, -0.15) is 5.10 Å². The van der Waals surface area contributed by atoms with Gasteiger partial charge in [0.25, 0.3) is 0 Å². The van der Waals surface area contributed by atoms with E-state index in [-0.39, 0.29) is 6.04 Å². The predicted octanol–water partition coefficient (Wildman–Crippen LogP) is 2.32. The van der Waals surface area contributed by atoms with Gasteiger partial charge in [0.15, 0.2) is 0 Å². The Morgan fingerprint density at radius 2 is 2.18 bits per heavy atom. The van der Waals surface area contributed by atoms with Gasteiger partial charge >= 0.3 is 0 Å². The summed E-state index contributed by atoms with van der Waals surface area (Å²) in [6, 6.07) is 4.65. The van der Waals surface area contributed by atoms with E-state index in [0.717, 1.165) is 25.2 Å². The molecule has 0 bridgehead atoms. The first-order valence-electron chi connectivity index (χ1n) is 5.99. The van der Waals surface area contributed by atoms with Gasteiger partial charge in [-0.05, 0) is 25.1 Å². The van der Waals surface area contributed by atoms with Crippen LogP contribution < -0.4 is 5.32 Å². The molecule has 1 atom stereocenters. The van der Waals surface area contributed by atoms with E-state index >= 15 is 0 Å². The second-order valence-corrected chi connectivity index (χ2v) is 5.16. The molecule has 0 aromatic carbocycles. The molecule has 1 unspecified atom stereocenters. The quantitative estimate of drug-likeness (QED) is 0.827. The zero-order chi connectivity index (χ0) is 12.1. The number of aromatic amines is 1. The number of hydrogen-bond acceptors (Lipinski definition) is 4. The fraction of sp³-hybridized carbons (Fsp3) is 0.500. The van der Waals surface area contributed by atoms with E-state index in [1.54, 1.807) is 6.33 Å². The van der Waals surface area contributed by atoms with Gasteiger partial charge in [0.1, 0.15) is 12.2 Å². The smallest absolute Gasteiger partial charge is 0.141 e. The van der Waals surface area contributed by atoms with E-state index in [1.807, 2.05) is 11.3 Å². The highest BCUT2D eigenvalue weighted by Gasteiger charge is 2.14. The van der Waals surface area contributed by atoms with Crippen molar-refractivity contribution in [3.63, 3.8) is 0 Å². The predicted molar refractivity (Wildman–Crippen MR) is 70.2 cm³/mol. The van der Waals surface area contributed by atoms with E-state index in [2.05, 4.69) is 46.5 Å². The van der Waals surface area contributed by atoms with E-state index in [9.17, 15) is 0 Å². The Morgan fingerprint density at radius 3 is 2.76 bits per heavy atom. The molecule has 0 aliphatic heterocycles. The van der Waals surface area contributed by atoms with Gasteiger partial charge in [0.2, 0.25) is 0 Å². The molecule has 0 fully saturated rings. The molecule has 2 aromatic rings. The van der Waals surface area contributed by atoms with Crippen molar-refractivity contribution in [1.29, 1.82) is 0 Å². The van der Waals surface area contributed by atoms with Crippen LogP contribution in [0, 0.1) is 0 Å². The van der Waals surface area contributed by atoms with E-state index < -0.39 is 0 Å². The maximum atomic E-state index is 4.23. The Morgan fingerprint density at radius 1 is 1.35 bits per heavy atom. The summed E-state index contributed by atoms with van der Waals surface area (Å²) < 4.78 is 0. The van der Waals surface area contributed by atoms with Gasteiger partial charge in [0, 0.05) is 16.2 Å². The van der Waals surface area contributed by atoms with Crippen LogP contribution in [0.1, 0.15) is 35.5 Å². The third-order valence-electron chi connectivity index (χ3n) is 2.69. The lowest BCUT2D eigenvalue weighted by Gasteiger charge is -2.13. The van der Waals surface area contributed by atoms with Crippen molar-refractivity contribution in [3.8, 4) is 0 Å². The molecule has 0 saturated heterocycles. The summed E-state index contributed by atoms with van der Waals surface area (Å²) in [5.41, 5.74) is 0. The van der Waals surface area contributed by atoms with Gasteiger partial charge < -0.3 is 5.32 Å². The number of likely N-dealkylation sites (N-methyl/N-ethyl adjacent to an activating group) is 1. The monoisotopic (exact) mass is 250 g/mol. The maximum absolute atomic E-state index is 4.23. The van der Waals surface area contributed by atoms with Crippen molar-refractivity contribution in [2.45, 2.75) is 32.7 Å². The number of rotatable bonds is 6. The summed E-state index contributed by atoms with van der Waals surface area (Å²) in [5, 5.41) is 10.3. The van der Waals surface area contributed by atoms with Crippen LogP contribution in [0.3, 0.4) is 0 Å². The number of nitrogens with zero attached hydrogens (tertiary/aromatic N) is 2. The molecule has 17 heavy (non-hydrogen) atoms. The molecule has 2 rings (SSSR count). The van der Waals surface area contributed by atoms with Crippen LogP contribution in [0.5, 0.6) is 0 Å². The summed E-state index contributed by atoms with van der Waals surface area (Å²) in [5.74, 6) is 0.915. The molecule has 5 heteroatoms. The summed E-state index contributed by atoms with van der Waals surface area (Å²) in [6.07, 6.45) is 3.64. The van der Waals surface area contributed by atoms with Gasteiger partial charge in [-0.15, -0.1) is 11.3 Å². The fourth-order valence-corrected chi connectivity index (χ4v) is 2.82. The summed E-state index contributed by atoms with van der Waals surface area (Å²) in [4.78, 5) is 7.06. The molecular formula is C12H18N4S. The Hall–Kier alpha value is -1.20. The first kappa shape index (κ1) is 12.3. The highest BCUT2D eigenvalue weighted by Crippen LogP contribution is 2.22. The zero-order valence-electron chi connectivity index (χ0n) is 10.2. The minimum Gasteiger partial charge on any atom is -0.307 e. The van der Waals surface area contributed by atoms with E-state index in [4.69, 9.17) is 0 Å². The molecule has 0 aliphatic carbocycles. The Kier molecular flexibility index (Phi) is 4.28. The van der Waals surface area contributed by atoms with Crippen molar-refractivity contribution in [2.75, 3.05) is 6.54 Å². The number of aromatic nitrogens is 3. The molecule has 0 spiro atoms. The molecule has 2 heterocycles. The average Bonchev–Trinajstić information content (AvgIpc) is 2.99. The van der Waals surface area contributed by atoms with Crippen LogP contribution >= 0.6 is 11.3 Å². The average molecular weight is 250 g/mol. The van der Waals surface area contributed by atoms with Gasteiger partial charge in [0.05, 0.1) is 6.04 Å². The summed E-state index contributed by atoms with van der Waals surface area (Å²) >= 11 is 1.88. The molecule has 0 aliphatic rings. The van der Waals surface area contributed by atoms with Gasteiger partial charge in [-0.3, -0.25) is 5.10 Å². The second kappa shape index (κ2) is 5.93. The first-order valence-corrected chi connectivity index (χ1v) is 6.81. The Labute approximate surface area is 105 Å². The third-order valence-corrected chi connectivity index (χ3v) is 3.94. The number of nitrogens with one attached hydrogen (secondary N) is 2. The molecule has 92 valence electrons. The highest BCUT2D eigenvalue weighted by atomic mass is 32.1. The van der Waals surface area contributed by atoms with Crippen molar-refractivity contribution < 1.29 is 0 Å². The Bertz CT molecular complexity index is 435. The van der Waals surface area contributed by atoms with E-state index in [0.29, 0.717) is 0 Å². The first-order chi connectivity index (χ1) is 8.33.